The standard InChI is InChI=1S/C24H24F2O/c1-3-5-6-17-7-9-18(10-8-17)21-15-16-22(24(26)23(21)25)19-11-13-20(14-12-19)27-4-2/h7-16H,3-6H2,1-2H3. The van der Waals surface area contributed by atoms with Crippen LogP contribution in [0.1, 0.15) is 32.3 Å². The molecule has 0 spiro atoms. The van der Waals surface area contributed by atoms with Gasteiger partial charge in [-0.2, -0.15) is 0 Å². The Labute approximate surface area is 159 Å². The smallest absolute Gasteiger partial charge is 0.167 e. The quantitative estimate of drug-likeness (QED) is 0.436. The molecule has 0 bridgehead atoms. The van der Waals surface area contributed by atoms with E-state index in [2.05, 4.69) is 6.92 Å². The highest BCUT2D eigenvalue weighted by molar-refractivity contribution is 5.72. The zero-order valence-corrected chi connectivity index (χ0v) is 15.8. The molecule has 140 valence electrons. The molecule has 0 fully saturated rings. The Morgan fingerprint density at radius 3 is 1.70 bits per heavy atom. The van der Waals surface area contributed by atoms with Crippen molar-refractivity contribution in [2.24, 2.45) is 0 Å². The third kappa shape index (κ3) is 4.36. The van der Waals surface area contributed by atoms with Crippen LogP contribution in [0.5, 0.6) is 5.75 Å². The number of hydrogen-bond acceptors (Lipinski definition) is 1. The summed E-state index contributed by atoms with van der Waals surface area (Å²) in [7, 11) is 0. The Morgan fingerprint density at radius 1 is 0.704 bits per heavy atom. The maximum atomic E-state index is 14.7. The van der Waals surface area contributed by atoms with Gasteiger partial charge in [0.05, 0.1) is 6.61 Å². The molecule has 0 unspecified atom stereocenters. The fourth-order valence-corrected chi connectivity index (χ4v) is 3.12. The fourth-order valence-electron chi connectivity index (χ4n) is 3.12. The Kier molecular flexibility index (Phi) is 6.23. The van der Waals surface area contributed by atoms with Gasteiger partial charge >= 0.3 is 0 Å². The average molecular weight is 366 g/mol. The summed E-state index contributed by atoms with van der Waals surface area (Å²) in [6, 6.07) is 18.0. The predicted octanol–water partition coefficient (Wildman–Crippen LogP) is 7.04. The van der Waals surface area contributed by atoms with Crippen molar-refractivity contribution in [1.29, 1.82) is 0 Å². The SMILES string of the molecule is CCCCc1ccc(-c2ccc(-c3ccc(OCC)cc3)c(F)c2F)cc1. The molecule has 0 aliphatic heterocycles. The molecular formula is C24H24F2O. The van der Waals surface area contributed by atoms with Gasteiger partial charge in [-0.1, -0.05) is 61.9 Å². The highest BCUT2D eigenvalue weighted by Gasteiger charge is 2.16. The summed E-state index contributed by atoms with van der Waals surface area (Å²) in [5.41, 5.74) is 3.05. The molecule has 3 rings (SSSR count). The van der Waals surface area contributed by atoms with Crippen molar-refractivity contribution in [1.82, 2.24) is 0 Å². The first-order chi connectivity index (χ1) is 13.1. The van der Waals surface area contributed by atoms with Crippen LogP contribution < -0.4 is 4.74 Å². The molecule has 0 saturated heterocycles. The van der Waals surface area contributed by atoms with Gasteiger partial charge in [-0.05, 0) is 48.6 Å². The molecule has 0 aromatic heterocycles. The summed E-state index contributed by atoms with van der Waals surface area (Å²) in [5, 5.41) is 0. The summed E-state index contributed by atoms with van der Waals surface area (Å²) in [6.07, 6.45) is 3.26. The van der Waals surface area contributed by atoms with Crippen molar-refractivity contribution in [3.8, 4) is 28.0 Å². The van der Waals surface area contributed by atoms with E-state index in [-0.39, 0.29) is 11.1 Å². The lowest BCUT2D eigenvalue weighted by Gasteiger charge is -2.11. The maximum absolute atomic E-state index is 14.7. The number of halogens is 2. The summed E-state index contributed by atoms with van der Waals surface area (Å²) in [4.78, 5) is 0. The summed E-state index contributed by atoms with van der Waals surface area (Å²) < 4.78 is 34.9. The number of unbranched alkanes of at least 4 members (excludes halogenated alkanes) is 1. The second-order valence-corrected chi connectivity index (χ2v) is 6.55. The second-order valence-electron chi connectivity index (χ2n) is 6.55. The second kappa shape index (κ2) is 8.81. The van der Waals surface area contributed by atoms with E-state index in [1.54, 1.807) is 36.4 Å². The molecule has 0 saturated carbocycles. The maximum Gasteiger partial charge on any atom is 0.167 e. The predicted molar refractivity (Wildman–Crippen MR) is 107 cm³/mol. The third-order valence-corrected chi connectivity index (χ3v) is 4.64. The van der Waals surface area contributed by atoms with Gasteiger partial charge in [0.15, 0.2) is 11.6 Å². The first-order valence-electron chi connectivity index (χ1n) is 9.44. The molecule has 0 atom stereocenters. The number of benzene rings is 3. The van der Waals surface area contributed by atoms with Crippen molar-refractivity contribution in [2.75, 3.05) is 6.61 Å². The molecule has 0 aliphatic rings. The van der Waals surface area contributed by atoms with Crippen LogP contribution >= 0.6 is 0 Å². The third-order valence-electron chi connectivity index (χ3n) is 4.64. The molecule has 3 heteroatoms. The van der Waals surface area contributed by atoms with E-state index in [1.165, 1.54) is 5.56 Å². The molecule has 0 N–H and O–H groups in total. The van der Waals surface area contributed by atoms with Crippen LogP contribution in [0, 0.1) is 11.6 Å². The number of ether oxygens (including phenoxy) is 1. The van der Waals surface area contributed by atoms with Gasteiger partial charge in [-0.3, -0.25) is 0 Å². The van der Waals surface area contributed by atoms with Crippen molar-refractivity contribution < 1.29 is 13.5 Å². The van der Waals surface area contributed by atoms with E-state index in [9.17, 15) is 8.78 Å². The summed E-state index contributed by atoms with van der Waals surface area (Å²) in [6.45, 7) is 4.62. The van der Waals surface area contributed by atoms with Crippen LogP contribution in [0.3, 0.4) is 0 Å². The topological polar surface area (TPSA) is 9.23 Å². The molecule has 0 aliphatic carbocycles. The summed E-state index contributed by atoms with van der Waals surface area (Å²) in [5.74, 6) is -0.934. The minimum absolute atomic E-state index is 0.249. The van der Waals surface area contributed by atoms with E-state index >= 15 is 0 Å². The van der Waals surface area contributed by atoms with Gasteiger partial charge < -0.3 is 4.74 Å². The lowest BCUT2D eigenvalue weighted by Crippen LogP contribution is -1.95. The van der Waals surface area contributed by atoms with Crippen LogP contribution in [0.4, 0.5) is 8.78 Å². The summed E-state index contributed by atoms with van der Waals surface area (Å²) >= 11 is 0. The first-order valence-corrected chi connectivity index (χ1v) is 9.44. The lowest BCUT2D eigenvalue weighted by molar-refractivity contribution is 0.340. The van der Waals surface area contributed by atoms with Gasteiger partial charge in [0, 0.05) is 11.1 Å². The van der Waals surface area contributed by atoms with Crippen molar-refractivity contribution in [3.05, 3.63) is 77.9 Å². The number of aryl methyl sites for hydroxylation is 1. The van der Waals surface area contributed by atoms with Gasteiger partial charge in [0.25, 0.3) is 0 Å². The monoisotopic (exact) mass is 366 g/mol. The van der Waals surface area contributed by atoms with Gasteiger partial charge in [0.1, 0.15) is 5.75 Å². The Balaban J connectivity index is 1.88. The molecule has 0 heterocycles. The molecule has 0 radical (unpaired) electrons. The largest absolute Gasteiger partial charge is 0.494 e. The first kappa shape index (κ1) is 19.1. The van der Waals surface area contributed by atoms with E-state index < -0.39 is 11.6 Å². The molecular weight excluding hydrogens is 342 g/mol. The minimum Gasteiger partial charge on any atom is -0.494 e. The van der Waals surface area contributed by atoms with Crippen LogP contribution in [-0.2, 0) is 6.42 Å². The molecule has 0 amide bonds. The fraction of sp³-hybridized carbons (Fsp3) is 0.250. The Morgan fingerprint density at radius 2 is 1.22 bits per heavy atom. The van der Waals surface area contributed by atoms with Crippen molar-refractivity contribution in [2.45, 2.75) is 33.1 Å². The zero-order chi connectivity index (χ0) is 19.2. The van der Waals surface area contributed by atoms with Gasteiger partial charge in [-0.25, -0.2) is 8.78 Å². The van der Waals surface area contributed by atoms with Gasteiger partial charge in [0.2, 0.25) is 0 Å². The van der Waals surface area contributed by atoms with Gasteiger partial charge in [-0.15, -0.1) is 0 Å². The van der Waals surface area contributed by atoms with E-state index in [4.69, 9.17) is 4.74 Å². The highest BCUT2D eigenvalue weighted by atomic mass is 19.2. The van der Waals surface area contributed by atoms with Crippen molar-refractivity contribution >= 4 is 0 Å². The van der Waals surface area contributed by atoms with Crippen LogP contribution in [0.2, 0.25) is 0 Å². The van der Waals surface area contributed by atoms with Crippen LogP contribution in [0.25, 0.3) is 22.3 Å². The minimum atomic E-state index is -0.827. The van der Waals surface area contributed by atoms with Crippen LogP contribution in [-0.4, -0.2) is 6.61 Å². The van der Waals surface area contributed by atoms with E-state index in [0.717, 1.165) is 19.3 Å². The Hall–Kier alpha value is -2.68. The Bertz CT molecular complexity index is 884. The van der Waals surface area contributed by atoms with E-state index in [0.29, 0.717) is 23.5 Å². The normalized spacial score (nSPS) is 10.8. The highest BCUT2D eigenvalue weighted by Crippen LogP contribution is 2.32. The van der Waals surface area contributed by atoms with Crippen LogP contribution in [0.15, 0.2) is 60.7 Å². The molecule has 27 heavy (non-hydrogen) atoms. The number of rotatable bonds is 7. The molecule has 3 aromatic carbocycles. The number of hydrogen-bond donors (Lipinski definition) is 0. The van der Waals surface area contributed by atoms with E-state index in [1.807, 2.05) is 31.2 Å². The zero-order valence-electron chi connectivity index (χ0n) is 15.8. The lowest BCUT2D eigenvalue weighted by atomic mass is 9.97. The average Bonchev–Trinajstić information content (AvgIpc) is 2.70. The molecule has 3 aromatic rings. The molecule has 1 nitrogen and oxygen atoms in total. The van der Waals surface area contributed by atoms with Crippen molar-refractivity contribution in [3.63, 3.8) is 0 Å².